The highest BCUT2D eigenvalue weighted by Gasteiger charge is 2.31. The Morgan fingerprint density at radius 2 is 1.19 bits per heavy atom. The lowest BCUT2D eigenvalue weighted by Crippen LogP contribution is -2.16. The van der Waals surface area contributed by atoms with Crippen molar-refractivity contribution in [2.45, 2.75) is 58.3 Å². The molecule has 2 aromatic carbocycles. The highest BCUT2D eigenvalue weighted by molar-refractivity contribution is 6.31. The van der Waals surface area contributed by atoms with E-state index in [0.717, 1.165) is 11.1 Å². The van der Waals surface area contributed by atoms with Gasteiger partial charge in [-0.1, -0.05) is 70.8 Å². The zero-order valence-electron chi connectivity index (χ0n) is 18.8. The number of phenolic OH excluding ortho intramolecular Hbond substituents is 2. The molecule has 3 rings (SSSR count). The van der Waals surface area contributed by atoms with Crippen LogP contribution >= 0.6 is 23.2 Å². The molecule has 0 bridgehead atoms. The van der Waals surface area contributed by atoms with Crippen molar-refractivity contribution in [3.8, 4) is 11.5 Å². The molecule has 0 fully saturated rings. The van der Waals surface area contributed by atoms with Crippen molar-refractivity contribution in [3.63, 3.8) is 0 Å². The molecule has 31 heavy (non-hydrogen) atoms. The van der Waals surface area contributed by atoms with Gasteiger partial charge in [0.25, 0.3) is 0 Å². The van der Waals surface area contributed by atoms with Crippen LogP contribution in [0.2, 0.25) is 10.0 Å². The number of hydrogen-bond acceptors (Lipinski definition) is 3. The van der Waals surface area contributed by atoms with Crippen LogP contribution in [0.15, 0.2) is 48.7 Å². The van der Waals surface area contributed by atoms with Crippen molar-refractivity contribution in [2.24, 2.45) is 0 Å². The lowest BCUT2D eigenvalue weighted by atomic mass is 9.78. The molecule has 0 aliphatic heterocycles. The zero-order chi connectivity index (χ0) is 23.1. The Hall–Kier alpha value is -2.23. The number of hydrogen-bond donors (Lipinski definition) is 2. The summed E-state index contributed by atoms with van der Waals surface area (Å²) < 4.78 is 0. The third-order valence-electron chi connectivity index (χ3n) is 5.43. The number of halogens is 2. The second-order valence-corrected chi connectivity index (χ2v) is 10.8. The summed E-state index contributed by atoms with van der Waals surface area (Å²) in [6, 6.07) is 12.6. The lowest BCUT2D eigenvalue weighted by molar-refractivity contribution is 0.431. The van der Waals surface area contributed by atoms with Gasteiger partial charge in [-0.3, -0.25) is 4.98 Å². The van der Waals surface area contributed by atoms with Crippen LogP contribution in [0.25, 0.3) is 0 Å². The Bertz CT molecular complexity index is 1030. The summed E-state index contributed by atoms with van der Waals surface area (Å²) in [5.74, 6) is -0.269. The van der Waals surface area contributed by atoms with Gasteiger partial charge in [0.05, 0.1) is 11.6 Å². The molecule has 0 unspecified atom stereocenters. The van der Waals surface area contributed by atoms with Crippen molar-refractivity contribution in [1.82, 2.24) is 4.98 Å². The number of phenols is 2. The van der Waals surface area contributed by atoms with E-state index in [-0.39, 0.29) is 22.3 Å². The fourth-order valence-electron chi connectivity index (χ4n) is 3.86. The predicted octanol–water partition coefficient (Wildman–Crippen LogP) is 7.57. The van der Waals surface area contributed by atoms with Gasteiger partial charge < -0.3 is 10.2 Å². The van der Waals surface area contributed by atoms with Crippen LogP contribution in [-0.2, 0) is 10.8 Å². The maximum atomic E-state index is 11.3. The van der Waals surface area contributed by atoms with Crippen LogP contribution in [0.4, 0.5) is 0 Å². The second-order valence-electron chi connectivity index (χ2n) is 9.97. The van der Waals surface area contributed by atoms with Crippen LogP contribution in [0.3, 0.4) is 0 Å². The maximum absolute atomic E-state index is 11.3. The molecule has 0 aliphatic carbocycles. The van der Waals surface area contributed by atoms with Crippen LogP contribution in [-0.4, -0.2) is 15.2 Å². The summed E-state index contributed by atoms with van der Waals surface area (Å²) in [6.45, 7) is 12.1. The Morgan fingerprint density at radius 1 is 0.742 bits per heavy atom. The van der Waals surface area contributed by atoms with Gasteiger partial charge in [-0.05, 0) is 47.2 Å². The molecule has 0 radical (unpaired) electrons. The van der Waals surface area contributed by atoms with Gasteiger partial charge in [0.2, 0.25) is 0 Å². The number of benzene rings is 2. The second kappa shape index (κ2) is 8.37. The summed E-state index contributed by atoms with van der Waals surface area (Å²) in [5, 5.41) is 23.7. The quantitative estimate of drug-likeness (QED) is 0.426. The minimum Gasteiger partial charge on any atom is -0.507 e. The van der Waals surface area contributed by atoms with Crippen molar-refractivity contribution < 1.29 is 10.2 Å². The molecule has 3 aromatic rings. The van der Waals surface area contributed by atoms with Gasteiger partial charge in [-0.25, -0.2) is 0 Å². The van der Waals surface area contributed by atoms with E-state index in [9.17, 15) is 10.2 Å². The first-order valence-electron chi connectivity index (χ1n) is 10.3. The van der Waals surface area contributed by atoms with E-state index in [4.69, 9.17) is 23.2 Å². The summed E-state index contributed by atoms with van der Waals surface area (Å²) in [7, 11) is 0. The topological polar surface area (TPSA) is 53.4 Å². The minimum atomic E-state index is -0.555. The van der Waals surface area contributed by atoms with Crippen molar-refractivity contribution in [3.05, 3.63) is 86.7 Å². The molecule has 0 amide bonds. The first-order valence-corrected chi connectivity index (χ1v) is 11.0. The van der Waals surface area contributed by atoms with Crippen molar-refractivity contribution in [2.75, 3.05) is 0 Å². The van der Waals surface area contributed by atoms with Crippen molar-refractivity contribution >= 4 is 23.2 Å². The van der Waals surface area contributed by atoms with E-state index in [1.807, 2.05) is 59.7 Å². The molecule has 1 heterocycles. The van der Waals surface area contributed by atoms with Gasteiger partial charge in [0.1, 0.15) is 11.5 Å². The average molecular weight is 458 g/mol. The molecule has 0 saturated heterocycles. The van der Waals surface area contributed by atoms with Gasteiger partial charge in [0.15, 0.2) is 0 Å². The van der Waals surface area contributed by atoms with E-state index < -0.39 is 5.92 Å². The van der Waals surface area contributed by atoms with Gasteiger partial charge in [0, 0.05) is 38.5 Å². The molecule has 164 valence electrons. The number of aromatic hydroxyl groups is 2. The normalized spacial score (nSPS) is 12.4. The van der Waals surface area contributed by atoms with Gasteiger partial charge in [-0.15, -0.1) is 0 Å². The molecule has 2 N–H and O–H groups in total. The van der Waals surface area contributed by atoms with Crippen LogP contribution in [0.5, 0.6) is 11.5 Å². The maximum Gasteiger partial charge on any atom is 0.123 e. The van der Waals surface area contributed by atoms with E-state index in [2.05, 4.69) is 4.98 Å². The highest BCUT2D eigenvalue weighted by atomic mass is 35.5. The molecular weight excluding hydrogens is 429 g/mol. The Balaban J connectivity index is 2.40. The monoisotopic (exact) mass is 457 g/mol. The highest BCUT2D eigenvalue weighted by Crippen LogP contribution is 2.47. The van der Waals surface area contributed by atoms with E-state index in [1.165, 1.54) is 0 Å². The van der Waals surface area contributed by atoms with Crippen LogP contribution in [0.1, 0.15) is 75.4 Å². The molecular formula is C26H29Cl2NO2. The largest absolute Gasteiger partial charge is 0.507 e. The van der Waals surface area contributed by atoms with E-state index in [1.54, 1.807) is 30.5 Å². The number of rotatable bonds is 3. The Morgan fingerprint density at radius 3 is 1.55 bits per heavy atom. The molecule has 1 aromatic heterocycles. The number of nitrogens with zero attached hydrogens (tertiary/aromatic N) is 1. The summed E-state index contributed by atoms with van der Waals surface area (Å²) in [6.07, 6.45) is 1.70. The first kappa shape index (κ1) is 23.4. The smallest absolute Gasteiger partial charge is 0.123 e. The molecule has 0 atom stereocenters. The van der Waals surface area contributed by atoms with Crippen LogP contribution in [0, 0.1) is 0 Å². The molecule has 0 saturated carbocycles. The standard InChI is InChI=1S/C26H29Cl2NO2/c1-25(2,3)19-13-15(27)11-17(23(19)30)22(21-9-7-8-10-29-21)18-12-16(28)14-20(24(18)31)26(4,5)6/h7-14,22,30-31H,1-6H3. The minimum absolute atomic E-state index is 0.143. The third kappa shape index (κ3) is 4.83. The van der Waals surface area contributed by atoms with Gasteiger partial charge >= 0.3 is 0 Å². The summed E-state index contributed by atoms with van der Waals surface area (Å²) in [5.41, 5.74) is 2.64. The van der Waals surface area contributed by atoms with E-state index in [0.29, 0.717) is 26.9 Å². The van der Waals surface area contributed by atoms with Crippen molar-refractivity contribution in [1.29, 1.82) is 0 Å². The Kier molecular flexibility index (Phi) is 6.32. The SMILES string of the molecule is CC(C)(C)c1cc(Cl)cc(C(c2ccccn2)c2cc(Cl)cc(C(C)(C)C)c2O)c1O. The number of pyridine rings is 1. The Labute approximate surface area is 194 Å². The number of aromatic nitrogens is 1. The third-order valence-corrected chi connectivity index (χ3v) is 5.87. The molecule has 0 aliphatic rings. The zero-order valence-corrected chi connectivity index (χ0v) is 20.3. The first-order chi connectivity index (χ1) is 14.3. The summed E-state index contributed by atoms with van der Waals surface area (Å²) in [4.78, 5) is 4.55. The fourth-order valence-corrected chi connectivity index (χ4v) is 4.31. The molecule has 5 heteroatoms. The van der Waals surface area contributed by atoms with E-state index >= 15 is 0 Å². The average Bonchev–Trinajstić information content (AvgIpc) is 2.66. The van der Waals surface area contributed by atoms with Crippen LogP contribution < -0.4 is 0 Å². The lowest BCUT2D eigenvalue weighted by Gasteiger charge is -2.28. The van der Waals surface area contributed by atoms with Gasteiger partial charge in [-0.2, -0.15) is 0 Å². The fraction of sp³-hybridized carbons (Fsp3) is 0.346. The summed E-state index contributed by atoms with van der Waals surface area (Å²) >= 11 is 13.0. The molecule has 3 nitrogen and oxygen atoms in total. The molecule has 0 spiro atoms. The predicted molar refractivity (Wildman–Crippen MR) is 129 cm³/mol.